The summed E-state index contributed by atoms with van der Waals surface area (Å²) in [5.41, 5.74) is 0.800. The van der Waals surface area contributed by atoms with E-state index in [1.54, 1.807) is 6.92 Å². The zero-order valence-corrected chi connectivity index (χ0v) is 12.7. The number of benzene rings is 2. The second-order valence-electron chi connectivity index (χ2n) is 4.93. The quantitative estimate of drug-likeness (QED) is 0.653. The number of aliphatic hydroxyl groups excluding tert-OH is 1. The van der Waals surface area contributed by atoms with E-state index in [9.17, 15) is 19.6 Å². The summed E-state index contributed by atoms with van der Waals surface area (Å²) in [6.07, 6.45) is -1.04. The van der Waals surface area contributed by atoms with Gasteiger partial charge in [0.15, 0.2) is 11.6 Å². The first-order chi connectivity index (χ1) is 10.9. The zero-order valence-electron chi connectivity index (χ0n) is 12.7. The van der Waals surface area contributed by atoms with Crippen LogP contribution >= 0.6 is 0 Å². The van der Waals surface area contributed by atoms with Crippen LogP contribution in [-0.4, -0.2) is 23.7 Å². The van der Waals surface area contributed by atoms with Crippen molar-refractivity contribution in [3.63, 3.8) is 0 Å². The molecule has 2 aromatic carbocycles. The molecule has 0 aliphatic carbocycles. The number of hydrogen-bond acceptors (Lipinski definition) is 5. The summed E-state index contributed by atoms with van der Waals surface area (Å²) in [4.78, 5) is 10.3. The number of hydrogen-bond donors (Lipinski definition) is 1. The molecule has 0 fully saturated rings. The molecule has 0 aromatic heterocycles. The number of nitrogens with zero attached hydrogens (tertiary/aromatic N) is 1. The molecule has 7 heteroatoms. The van der Waals surface area contributed by atoms with Crippen molar-refractivity contribution in [1.82, 2.24) is 0 Å². The molecule has 1 atom stereocenters. The zero-order chi connectivity index (χ0) is 17.0. The summed E-state index contributed by atoms with van der Waals surface area (Å²) >= 11 is 0. The van der Waals surface area contributed by atoms with Crippen molar-refractivity contribution in [2.24, 2.45) is 0 Å². The molecule has 122 valence electrons. The minimum Gasteiger partial charge on any atom is -0.494 e. The van der Waals surface area contributed by atoms with E-state index >= 15 is 0 Å². The fourth-order valence-corrected chi connectivity index (χ4v) is 2.08. The number of rotatable bonds is 6. The molecule has 1 N–H and O–H groups in total. The van der Waals surface area contributed by atoms with Gasteiger partial charge in [-0.05, 0) is 36.8 Å². The van der Waals surface area contributed by atoms with E-state index in [2.05, 4.69) is 0 Å². The summed E-state index contributed by atoms with van der Waals surface area (Å²) in [5, 5.41) is 20.8. The van der Waals surface area contributed by atoms with Gasteiger partial charge in [-0.3, -0.25) is 10.1 Å². The van der Waals surface area contributed by atoms with Gasteiger partial charge in [-0.25, -0.2) is 4.39 Å². The maximum atomic E-state index is 13.6. The van der Waals surface area contributed by atoms with Gasteiger partial charge in [0.1, 0.15) is 18.5 Å². The number of aliphatic hydroxyl groups is 1. The predicted molar refractivity (Wildman–Crippen MR) is 81.2 cm³/mol. The van der Waals surface area contributed by atoms with Crippen LogP contribution in [-0.2, 0) is 0 Å². The summed E-state index contributed by atoms with van der Waals surface area (Å²) in [6.45, 7) is 1.49. The highest BCUT2D eigenvalue weighted by Crippen LogP contribution is 2.25. The normalized spacial score (nSPS) is 11.8. The van der Waals surface area contributed by atoms with E-state index in [4.69, 9.17) is 9.47 Å². The molecule has 23 heavy (non-hydrogen) atoms. The number of aryl methyl sites for hydroxylation is 1. The smallest absolute Gasteiger partial charge is 0.272 e. The molecule has 0 radical (unpaired) electrons. The molecule has 0 aliphatic heterocycles. The van der Waals surface area contributed by atoms with Crippen LogP contribution in [0.3, 0.4) is 0 Å². The molecule has 0 aliphatic rings. The molecular weight excluding hydrogens is 305 g/mol. The van der Waals surface area contributed by atoms with Crippen LogP contribution in [0.2, 0.25) is 0 Å². The third-order valence-corrected chi connectivity index (χ3v) is 3.33. The second-order valence-corrected chi connectivity index (χ2v) is 4.93. The van der Waals surface area contributed by atoms with E-state index < -0.39 is 16.8 Å². The van der Waals surface area contributed by atoms with Crippen LogP contribution in [0.4, 0.5) is 10.1 Å². The van der Waals surface area contributed by atoms with Crippen molar-refractivity contribution in [2.45, 2.75) is 13.0 Å². The Kier molecular flexibility index (Phi) is 5.13. The maximum Gasteiger partial charge on any atom is 0.272 e. The standard InChI is InChI=1S/C16H16FNO5/c1-10-7-12(4-5-14(10)18(20)21)23-9-15(19)11-3-6-16(22-2)13(17)8-11/h3-8,15,19H,9H2,1-2H3. The molecular formula is C16H16FNO5. The lowest BCUT2D eigenvalue weighted by molar-refractivity contribution is -0.385. The molecule has 0 bridgehead atoms. The Morgan fingerprint density at radius 2 is 2.04 bits per heavy atom. The average Bonchev–Trinajstić information content (AvgIpc) is 2.52. The Labute approximate surface area is 132 Å². The van der Waals surface area contributed by atoms with Crippen molar-refractivity contribution in [3.8, 4) is 11.5 Å². The Balaban J connectivity index is 2.04. The molecule has 1 unspecified atom stereocenters. The van der Waals surface area contributed by atoms with Crippen LogP contribution in [0, 0.1) is 22.9 Å². The Hall–Kier alpha value is -2.67. The average molecular weight is 321 g/mol. The van der Waals surface area contributed by atoms with Crippen molar-refractivity contribution in [2.75, 3.05) is 13.7 Å². The molecule has 2 rings (SSSR count). The SMILES string of the molecule is COc1ccc(C(O)COc2ccc([N+](=O)[O-])c(C)c2)cc1F. The lowest BCUT2D eigenvalue weighted by atomic mass is 10.1. The van der Waals surface area contributed by atoms with Crippen LogP contribution in [0.25, 0.3) is 0 Å². The highest BCUT2D eigenvalue weighted by Gasteiger charge is 2.14. The van der Waals surface area contributed by atoms with Crippen molar-refractivity contribution in [1.29, 1.82) is 0 Å². The lowest BCUT2D eigenvalue weighted by Crippen LogP contribution is -2.10. The van der Waals surface area contributed by atoms with Gasteiger partial charge in [-0.1, -0.05) is 6.07 Å². The van der Waals surface area contributed by atoms with Gasteiger partial charge in [-0.15, -0.1) is 0 Å². The Bertz CT molecular complexity index is 720. The monoisotopic (exact) mass is 321 g/mol. The van der Waals surface area contributed by atoms with E-state index in [1.165, 1.54) is 43.5 Å². The minimum atomic E-state index is -1.04. The van der Waals surface area contributed by atoms with Crippen LogP contribution in [0.1, 0.15) is 17.2 Å². The highest BCUT2D eigenvalue weighted by atomic mass is 19.1. The lowest BCUT2D eigenvalue weighted by Gasteiger charge is -2.14. The van der Waals surface area contributed by atoms with Gasteiger partial charge in [0, 0.05) is 11.6 Å². The summed E-state index contributed by atoms with van der Waals surface area (Å²) < 4.78 is 23.8. The van der Waals surface area contributed by atoms with Gasteiger partial charge in [0.2, 0.25) is 0 Å². The van der Waals surface area contributed by atoms with Gasteiger partial charge in [0.25, 0.3) is 5.69 Å². The number of nitro groups is 1. The first kappa shape index (κ1) is 16.7. The first-order valence-corrected chi connectivity index (χ1v) is 6.81. The fourth-order valence-electron chi connectivity index (χ4n) is 2.08. The number of halogens is 1. The van der Waals surface area contributed by atoms with E-state index in [0.29, 0.717) is 16.9 Å². The summed E-state index contributed by atoms with van der Waals surface area (Å²) in [6, 6.07) is 8.44. The van der Waals surface area contributed by atoms with E-state index in [-0.39, 0.29) is 18.0 Å². The van der Waals surface area contributed by atoms with Crippen molar-refractivity contribution in [3.05, 3.63) is 63.5 Å². The molecule has 0 amide bonds. The Morgan fingerprint density at radius 1 is 1.30 bits per heavy atom. The molecule has 2 aromatic rings. The van der Waals surface area contributed by atoms with Crippen LogP contribution in [0.15, 0.2) is 36.4 Å². The molecule has 6 nitrogen and oxygen atoms in total. The third-order valence-electron chi connectivity index (χ3n) is 3.33. The van der Waals surface area contributed by atoms with Gasteiger partial charge in [-0.2, -0.15) is 0 Å². The van der Waals surface area contributed by atoms with E-state index in [1.807, 2.05) is 0 Å². The minimum absolute atomic E-state index is 0.00451. The topological polar surface area (TPSA) is 81.8 Å². The van der Waals surface area contributed by atoms with Crippen LogP contribution < -0.4 is 9.47 Å². The second kappa shape index (κ2) is 7.06. The fraction of sp³-hybridized carbons (Fsp3) is 0.250. The van der Waals surface area contributed by atoms with Crippen LogP contribution in [0.5, 0.6) is 11.5 Å². The van der Waals surface area contributed by atoms with Crippen molar-refractivity contribution >= 4 is 5.69 Å². The van der Waals surface area contributed by atoms with Gasteiger partial charge < -0.3 is 14.6 Å². The highest BCUT2D eigenvalue weighted by molar-refractivity contribution is 5.44. The number of nitro benzene ring substituents is 1. The summed E-state index contributed by atoms with van der Waals surface area (Å²) in [5.74, 6) is -0.0933. The Morgan fingerprint density at radius 3 is 2.61 bits per heavy atom. The third kappa shape index (κ3) is 3.95. The molecule has 0 saturated heterocycles. The maximum absolute atomic E-state index is 13.6. The van der Waals surface area contributed by atoms with Gasteiger partial charge in [0.05, 0.1) is 12.0 Å². The van der Waals surface area contributed by atoms with E-state index in [0.717, 1.165) is 0 Å². The molecule has 0 spiro atoms. The largest absolute Gasteiger partial charge is 0.494 e. The molecule has 0 saturated carbocycles. The number of methoxy groups -OCH3 is 1. The van der Waals surface area contributed by atoms with Gasteiger partial charge >= 0.3 is 0 Å². The first-order valence-electron chi connectivity index (χ1n) is 6.81. The predicted octanol–water partition coefficient (Wildman–Crippen LogP) is 3.16. The number of ether oxygens (including phenoxy) is 2. The summed E-state index contributed by atoms with van der Waals surface area (Å²) in [7, 11) is 1.36. The molecule has 0 heterocycles. The van der Waals surface area contributed by atoms with Crippen molar-refractivity contribution < 1.29 is 23.9 Å².